The van der Waals surface area contributed by atoms with Crippen molar-refractivity contribution < 1.29 is 14.8 Å². The van der Waals surface area contributed by atoms with Gasteiger partial charge in [0.1, 0.15) is 0 Å². The van der Waals surface area contributed by atoms with E-state index in [-0.39, 0.29) is 18.1 Å². The van der Waals surface area contributed by atoms with Crippen LogP contribution >= 0.6 is 0 Å². The molecule has 6 nitrogen and oxygen atoms in total. The lowest BCUT2D eigenvalue weighted by Gasteiger charge is -2.29. The molecule has 0 aliphatic carbocycles. The van der Waals surface area contributed by atoms with Crippen LogP contribution in [0.4, 0.5) is 5.69 Å². The van der Waals surface area contributed by atoms with Crippen molar-refractivity contribution in [3.63, 3.8) is 0 Å². The molecule has 0 unspecified atom stereocenters. The molecule has 0 saturated heterocycles. The zero-order chi connectivity index (χ0) is 18.6. The minimum atomic E-state index is -1.06. The number of nitro groups is 1. The fraction of sp³-hybridized carbons (Fsp3) is 0.316. The van der Waals surface area contributed by atoms with Gasteiger partial charge in [0.2, 0.25) is 0 Å². The largest absolute Gasteiger partial charge is 0.389 e. The molecule has 0 bridgehead atoms. The van der Waals surface area contributed by atoms with Crippen molar-refractivity contribution >= 4 is 11.6 Å². The van der Waals surface area contributed by atoms with Crippen molar-refractivity contribution in [2.45, 2.75) is 32.9 Å². The topological polar surface area (TPSA) is 83.7 Å². The molecule has 0 atom stereocenters. The molecule has 2 aromatic carbocycles. The molecular weight excluding hydrogens is 320 g/mol. The Bertz CT molecular complexity index is 767. The highest BCUT2D eigenvalue weighted by atomic mass is 16.6. The lowest BCUT2D eigenvalue weighted by molar-refractivity contribution is -0.384. The van der Waals surface area contributed by atoms with Crippen LogP contribution in [0.1, 0.15) is 35.3 Å². The first-order valence-corrected chi connectivity index (χ1v) is 7.98. The zero-order valence-electron chi connectivity index (χ0n) is 14.6. The van der Waals surface area contributed by atoms with Crippen molar-refractivity contribution in [2.24, 2.45) is 0 Å². The van der Waals surface area contributed by atoms with E-state index in [1.54, 1.807) is 25.7 Å². The van der Waals surface area contributed by atoms with E-state index >= 15 is 0 Å². The number of rotatable bonds is 6. The van der Waals surface area contributed by atoms with E-state index in [9.17, 15) is 20.0 Å². The number of carbonyl (C=O) groups excluding carboxylic acids is 1. The highest BCUT2D eigenvalue weighted by Crippen LogP contribution is 2.21. The summed E-state index contributed by atoms with van der Waals surface area (Å²) in [5.41, 5.74) is 0.767. The minimum absolute atomic E-state index is 0.0499. The second-order valence-electron chi connectivity index (χ2n) is 6.72. The summed E-state index contributed by atoms with van der Waals surface area (Å²) in [6, 6.07) is 13.7. The van der Waals surface area contributed by atoms with Gasteiger partial charge in [-0.15, -0.1) is 0 Å². The van der Waals surface area contributed by atoms with Crippen molar-refractivity contribution in [3.05, 3.63) is 75.3 Å². The number of aryl methyl sites for hydroxylation is 1. The third-order valence-corrected chi connectivity index (χ3v) is 3.73. The standard InChI is InChI=1S/C19H22N2O4/c1-14-11-16(21(24)25)9-10-17(14)18(22)20(13-19(2,3)23)12-15-7-5-4-6-8-15/h4-11,23H,12-13H2,1-3H3. The molecule has 1 amide bonds. The number of hydrogen-bond donors (Lipinski definition) is 1. The molecule has 0 radical (unpaired) electrons. The Labute approximate surface area is 146 Å². The summed E-state index contributed by atoms with van der Waals surface area (Å²) in [4.78, 5) is 24.9. The van der Waals surface area contributed by atoms with E-state index < -0.39 is 10.5 Å². The third kappa shape index (κ3) is 5.12. The van der Waals surface area contributed by atoms with E-state index in [2.05, 4.69) is 0 Å². The summed E-state index contributed by atoms with van der Waals surface area (Å²) in [5, 5.41) is 21.0. The molecule has 1 N–H and O–H groups in total. The summed E-state index contributed by atoms with van der Waals surface area (Å²) in [6.07, 6.45) is 0. The Morgan fingerprint density at radius 1 is 1.20 bits per heavy atom. The van der Waals surface area contributed by atoms with Gasteiger partial charge in [-0.3, -0.25) is 14.9 Å². The molecule has 0 saturated carbocycles. The van der Waals surface area contributed by atoms with E-state index in [0.717, 1.165) is 5.56 Å². The van der Waals surface area contributed by atoms with Crippen LogP contribution < -0.4 is 0 Å². The second kappa shape index (κ2) is 7.44. The number of non-ortho nitro benzene ring substituents is 1. The number of aliphatic hydroxyl groups is 1. The number of nitrogens with zero attached hydrogens (tertiary/aromatic N) is 2. The summed E-state index contributed by atoms with van der Waals surface area (Å²) < 4.78 is 0. The van der Waals surface area contributed by atoms with Crippen LogP contribution in [-0.4, -0.2) is 33.0 Å². The van der Waals surface area contributed by atoms with Crippen LogP contribution in [0.3, 0.4) is 0 Å². The normalized spacial score (nSPS) is 11.2. The first-order valence-electron chi connectivity index (χ1n) is 7.98. The Kier molecular flexibility index (Phi) is 5.54. The first kappa shape index (κ1) is 18.6. The average molecular weight is 342 g/mol. The Morgan fingerprint density at radius 2 is 1.84 bits per heavy atom. The van der Waals surface area contributed by atoms with Crippen LogP contribution in [-0.2, 0) is 6.54 Å². The molecule has 0 spiro atoms. The van der Waals surface area contributed by atoms with E-state index in [0.29, 0.717) is 17.7 Å². The molecule has 0 aliphatic rings. The average Bonchev–Trinajstić information content (AvgIpc) is 2.53. The molecule has 0 fully saturated rings. The van der Waals surface area contributed by atoms with Gasteiger partial charge in [-0.05, 0) is 38.0 Å². The lowest BCUT2D eigenvalue weighted by Crippen LogP contribution is -2.42. The summed E-state index contributed by atoms with van der Waals surface area (Å²) in [5.74, 6) is -0.265. The van der Waals surface area contributed by atoms with E-state index in [1.807, 2.05) is 30.3 Å². The third-order valence-electron chi connectivity index (χ3n) is 3.73. The van der Waals surface area contributed by atoms with Gasteiger partial charge in [0, 0.05) is 30.8 Å². The van der Waals surface area contributed by atoms with Crippen LogP contribution in [0.2, 0.25) is 0 Å². The highest BCUT2D eigenvalue weighted by molar-refractivity contribution is 5.96. The maximum atomic E-state index is 13.0. The predicted octanol–water partition coefficient (Wildman–Crippen LogP) is 3.32. The van der Waals surface area contributed by atoms with Crippen molar-refractivity contribution in [1.29, 1.82) is 0 Å². The summed E-state index contributed by atoms with van der Waals surface area (Å²) >= 11 is 0. The molecule has 0 aromatic heterocycles. The molecule has 132 valence electrons. The number of carbonyl (C=O) groups is 1. The van der Waals surface area contributed by atoms with Crippen LogP contribution in [0.5, 0.6) is 0 Å². The molecule has 6 heteroatoms. The Morgan fingerprint density at radius 3 is 2.36 bits per heavy atom. The maximum Gasteiger partial charge on any atom is 0.269 e. The molecule has 0 heterocycles. The van der Waals surface area contributed by atoms with Gasteiger partial charge in [-0.1, -0.05) is 30.3 Å². The van der Waals surface area contributed by atoms with Gasteiger partial charge >= 0.3 is 0 Å². The molecule has 2 rings (SSSR count). The van der Waals surface area contributed by atoms with Crippen LogP contribution in [0, 0.1) is 17.0 Å². The monoisotopic (exact) mass is 342 g/mol. The predicted molar refractivity (Wildman–Crippen MR) is 95.3 cm³/mol. The van der Waals surface area contributed by atoms with Gasteiger partial charge in [-0.2, -0.15) is 0 Å². The molecular formula is C19H22N2O4. The summed E-state index contributed by atoms with van der Waals surface area (Å²) in [7, 11) is 0. The number of nitro benzene ring substituents is 1. The number of hydrogen-bond acceptors (Lipinski definition) is 4. The maximum absolute atomic E-state index is 13.0. The van der Waals surface area contributed by atoms with E-state index in [4.69, 9.17) is 0 Å². The summed E-state index contributed by atoms with van der Waals surface area (Å²) in [6.45, 7) is 5.45. The van der Waals surface area contributed by atoms with Crippen LogP contribution in [0.15, 0.2) is 48.5 Å². The Balaban J connectivity index is 2.33. The van der Waals surface area contributed by atoms with E-state index in [1.165, 1.54) is 18.2 Å². The molecule has 2 aromatic rings. The molecule has 25 heavy (non-hydrogen) atoms. The number of amides is 1. The van der Waals surface area contributed by atoms with Gasteiger partial charge in [-0.25, -0.2) is 0 Å². The quantitative estimate of drug-likeness (QED) is 0.645. The van der Waals surface area contributed by atoms with Crippen molar-refractivity contribution in [3.8, 4) is 0 Å². The smallest absolute Gasteiger partial charge is 0.269 e. The van der Waals surface area contributed by atoms with Crippen LogP contribution in [0.25, 0.3) is 0 Å². The van der Waals surface area contributed by atoms with Gasteiger partial charge in [0.05, 0.1) is 10.5 Å². The fourth-order valence-electron chi connectivity index (χ4n) is 2.64. The van der Waals surface area contributed by atoms with Gasteiger partial charge in [0.15, 0.2) is 0 Å². The highest BCUT2D eigenvalue weighted by Gasteiger charge is 2.25. The van der Waals surface area contributed by atoms with Gasteiger partial charge < -0.3 is 10.0 Å². The van der Waals surface area contributed by atoms with Gasteiger partial charge in [0.25, 0.3) is 11.6 Å². The fourth-order valence-corrected chi connectivity index (χ4v) is 2.64. The van der Waals surface area contributed by atoms with Crippen molar-refractivity contribution in [2.75, 3.05) is 6.54 Å². The Hall–Kier alpha value is -2.73. The zero-order valence-corrected chi connectivity index (χ0v) is 14.6. The minimum Gasteiger partial charge on any atom is -0.389 e. The second-order valence-corrected chi connectivity index (χ2v) is 6.72. The SMILES string of the molecule is Cc1cc([N+](=O)[O-])ccc1C(=O)N(Cc1ccccc1)CC(C)(C)O. The number of benzene rings is 2. The molecule has 0 aliphatic heterocycles. The van der Waals surface area contributed by atoms with Crippen molar-refractivity contribution in [1.82, 2.24) is 4.90 Å². The first-order chi connectivity index (χ1) is 11.7. The lowest BCUT2D eigenvalue weighted by atomic mass is 10.0.